The lowest BCUT2D eigenvalue weighted by Crippen LogP contribution is -2.46. The number of ether oxygens (including phenoxy) is 4. The van der Waals surface area contributed by atoms with Crippen molar-refractivity contribution < 1.29 is 58.9 Å². The number of nitrogens with one attached hydrogen (secondary N) is 1. The first-order valence-corrected chi connectivity index (χ1v) is 20.4. The van der Waals surface area contributed by atoms with E-state index in [0.29, 0.717) is 13.1 Å². The Labute approximate surface area is 350 Å². The highest BCUT2D eigenvalue weighted by Crippen LogP contribution is 2.55. The summed E-state index contributed by atoms with van der Waals surface area (Å²) >= 11 is 0. The van der Waals surface area contributed by atoms with Gasteiger partial charge in [-0.25, -0.2) is 0 Å². The molecule has 1 fully saturated rings. The second-order valence-corrected chi connectivity index (χ2v) is 16.3. The van der Waals surface area contributed by atoms with Gasteiger partial charge in [-0.15, -0.1) is 0 Å². The first-order chi connectivity index (χ1) is 28.3. The molecule has 4 heterocycles. The Morgan fingerprint density at radius 3 is 2.25 bits per heavy atom. The van der Waals surface area contributed by atoms with Crippen molar-refractivity contribution in [1.29, 1.82) is 0 Å². The Kier molecular flexibility index (Phi) is 14.3. The normalized spacial score (nSPS) is 31.7. The second kappa shape index (κ2) is 18.6. The average Bonchev–Trinajstić information content (AvgIpc) is 3.49. The largest absolute Gasteiger partial charge is 0.507 e. The summed E-state index contributed by atoms with van der Waals surface area (Å²) in [7, 11) is 1.44. The van der Waals surface area contributed by atoms with E-state index in [-0.39, 0.29) is 44.5 Å². The number of aliphatic hydroxyl groups is 2. The average molecular weight is 837 g/mol. The first-order valence-electron chi connectivity index (χ1n) is 20.4. The molecule has 6 N–H and O–H groups in total. The molecule has 4 aliphatic rings. The molecular weight excluding hydrogens is 776 g/mol. The number of piperazine rings is 1. The van der Waals surface area contributed by atoms with Gasteiger partial charge in [0.2, 0.25) is 0 Å². The maximum atomic E-state index is 14.5. The van der Waals surface area contributed by atoms with Crippen LogP contribution in [0.2, 0.25) is 0 Å². The van der Waals surface area contributed by atoms with Gasteiger partial charge in [0.05, 0.1) is 53.0 Å². The standard InChI is InChI=1S/C44H60N4O12/c1-11-47-16-18-48(19-17-47)45-21-29-34-39(54)32-31(38(29)53)33-41(27(7)37(32)52)60-44(9,42(33)55)58-20-15-30(57-10)24(4)40(59-28(8)49)26(6)36(51)25(5)35(50)22(2)13-12-14-23(3)43(56)46-34/h12-15,20-22,24-26,30,35-36,40,50-54H,11,16-19H2,1-10H3,(H,46,56)/b13-12+,20-15+,23-14+,45-21?/t22-,24-,25-,26-,30+,35-,36-,40-,44+/m1/s1. The number of hydrazone groups is 1. The number of anilines is 1. The minimum atomic E-state index is -2.04. The zero-order valence-electron chi connectivity index (χ0n) is 36.1. The number of carbonyl (C=O) groups is 3. The van der Waals surface area contributed by atoms with Crippen molar-refractivity contribution >= 4 is 40.3 Å². The summed E-state index contributed by atoms with van der Waals surface area (Å²) in [6, 6.07) is 0. The van der Waals surface area contributed by atoms with Crippen molar-refractivity contribution in [3.05, 3.63) is 52.8 Å². The second-order valence-electron chi connectivity index (χ2n) is 16.3. The van der Waals surface area contributed by atoms with Gasteiger partial charge in [0.15, 0.2) is 5.75 Å². The molecule has 16 nitrogen and oxygen atoms in total. The molecule has 0 unspecified atom stereocenters. The number of esters is 1. The maximum absolute atomic E-state index is 14.5. The lowest BCUT2D eigenvalue weighted by molar-refractivity contribution is -0.160. The van der Waals surface area contributed by atoms with Crippen molar-refractivity contribution in [3.63, 3.8) is 0 Å². The zero-order chi connectivity index (χ0) is 44.4. The number of benzene rings is 2. The molecule has 0 aromatic heterocycles. The first kappa shape index (κ1) is 45.9. The van der Waals surface area contributed by atoms with Gasteiger partial charge in [0.25, 0.3) is 11.7 Å². The van der Waals surface area contributed by atoms with Gasteiger partial charge in [-0.2, -0.15) is 5.10 Å². The predicted molar refractivity (Wildman–Crippen MR) is 225 cm³/mol. The van der Waals surface area contributed by atoms with Crippen LogP contribution in [0, 0.1) is 30.6 Å². The van der Waals surface area contributed by atoms with E-state index in [1.54, 1.807) is 44.9 Å². The van der Waals surface area contributed by atoms with Crippen LogP contribution >= 0.6 is 0 Å². The molecule has 2 aromatic rings. The molecule has 0 spiro atoms. The SMILES string of the molecule is CCN1CCN(N=Cc2c3c(O)c4c(O)c(C)c5c(c4c2O)C(=O)[C@@](C)(O/C=C/[C@H](OC)[C@@H](C)[C@@H](OC(C)=O)[C@H](C)[C@H](O)[C@H](C)[C@H](O)[C@H](C)/C=C/C=C(\C)C(=O)N3)O5)CC1. The van der Waals surface area contributed by atoms with E-state index in [4.69, 9.17) is 18.9 Å². The van der Waals surface area contributed by atoms with Gasteiger partial charge >= 0.3 is 11.8 Å². The third-order valence-electron chi connectivity index (χ3n) is 12.2. The number of phenolic OH excluding ortho intramolecular Hbond substituents is 3. The number of ketones is 1. The molecule has 16 heteroatoms. The van der Waals surface area contributed by atoms with Gasteiger partial charge in [0.1, 0.15) is 23.4 Å². The number of aromatic hydroxyl groups is 3. The maximum Gasteiger partial charge on any atom is 0.312 e. The minimum Gasteiger partial charge on any atom is -0.507 e. The molecule has 4 aliphatic heterocycles. The van der Waals surface area contributed by atoms with Crippen LogP contribution in [0.15, 0.2) is 41.2 Å². The summed E-state index contributed by atoms with van der Waals surface area (Å²) in [5, 5.41) is 67.0. The molecule has 0 radical (unpaired) electrons. The van der Waals surface area contributed by atoms with E-state index < -0.39 is 88.8 Å². The molecule has 328 valence electrons. The van der Waals surface area contributed by atoms with E-state index in [1.165, 1.54) is 59.4 Å². The molecule has 0 aliphatic carbocycles. The molecule has 60 heavy (non-hydrogen) atoms. The van der Waals surface area contributed by atoms with Crippen LogP contribution in [0.4, 0.5) is 5.69 Å². The number of methoxy groups -OCH3 is 1. The minimum absolute atomic E-state index is 0.0572. The number of hydrogen-bond donors (Lipinski definition) is 6. The quantitative estimate of drug-likeness (QED) is 0.104. The predicted octanol–water partition coefficient (Wildman–Crippen LogP) is 4.73. The van der Waals surface area contributed by atoms with E-state index >= 15 is 0 Å². The Hall–Kier alpha value is -5.16. The molecule has 1 amide bonds. The van der Waals surface area contributed by atoms with E-state index in [1.807, 2.05) is 0 Å². The number of hydrogen-bond acceptors (Lipinski definition) is 15. The highest BCUT2D eigenvalue weighted by molar-refractivity contribution is 6.23. The Morgan fingerprint density at radius 2 is 1.63 bits per heavy atom. The third-order valence-corrected chi connectivity index (χ3v) is 12.2. The van der Waals surface area contributed by atoms with Gasteiger partial charge in [-0.1, -0.05) is 52.8 Å². The van der Waals surface area contributed by atoms with Crippen molar-refractivity contribution in [2.45, 2.75) is 92.5 Å². The van der Waals surface area contributed by atoms with Crippen LogP contribution in [0.25, 0.3) is 10.8 Å². The van der Waals surface area contributed by atoms with Gasteiger partial charge in [0, 0.05) is 87.3 Å². The number of likely N-dealkylation sites (N-methyl/N-ethyl adjacent to an activating group) is 1. The van der Waals surface area contributed by atoms with Gasteiger partial charge < -0.3 is 49.8 Å². The van der Waals surface area contributed by atoms with Crippen molar-refractivity contribution in [2.24, 2.45) is 28.8 Å². The Bertz CT molecular complexity index is 2090. The smallest absolute Gasteiger partial charge is 0.312 e. The summed E-state index contributed by atoms with van der Waals surface area (Å²) in [6.07, 6.45) is 4.88. The fourth-order valence-corrected chi connectivity index (χ4v) is 8.18. The fourth-order valence-electron chi connectivity index (χ4n) is 8.18. The molecule has 5 bridgehead atoms. The number of aliphatic hydroxyl groups excluding tert-OH is 2. The lowest BCUT2D eigenvalue weighted by Gasteiger charge is -2.38. The number of nitrogens with zero attached hydrogens (tertiary/aromatic N) is 3. The number of fused-ring (bicyclic) bond motifs is 14. The van der Waals surface area contributed by atoms with E-state index in [9.17, 15) is 39.9 Å². The van der Waals surface area contributed by atoms with Gasteiger partial charge in [-0.05, 0) is 26.5 Å². The summed E-state index contributed by atoms with van der Waals surface area (Å²) in [4.78, 5) is 42.8. The number of Topliss-reactive ketones (excluding diaryl/α,β-unsaturated/α-hetero) is 1. The summed E-state index contributed by atoms with van der Waals surface area (Å²) in [5.74, 6) is -8.33. The van der Waals surface area contributed by atoms with Crippen LogP contribution in [0.3, 0.4) is 0 Å². The summed E-state index contributed by atoms with van der Waals surface area (Å²) in [6.45, 7) is 18.1. The summed E-state index contributed by atoms with van der Waals surface area (Å²) < 4.78 is 23.6. The van der Waals surface area contributed by atoms with Crippen LogP contribution in [-0.2, 0) is 23.8 Å². The van der Waals surface area contributed by atoms with Crippen LogP contribution in [-0.4, -0.2) is 129 Å². The van der Waals surface area contributed by atoms with Crippen LogP contribution < -0.4 is 10.1 Å². The monoisotopic (exact) mass is 836 g/mol. The zero-order valence-corrected chi connectivity index (χ0v) is 36.1. The Morgan fingerprint density at radius 1 is 0.967 bits per heavy atom. The number of carbonyl (C=O) groups excluding carboxylic acids is 3. The van der Waals surface area contributed by atoms with Crippen molar-refractivity contribution in [3.8, 4) is 23.0 Å². The molecule has 9 atom stereocenters. The third kappa shape index (κ3) is 8.97. The molecule has 6 rings (SSSR count). The van der Waals surface area contributed by atoms with E-state index in [2.05, 4.69) is 22.2 Å². The number of allylic oxidation sites excluding steroid dienone is 2. The molecule has 1 saturated heterocycles. The highest BCUT2D eigenvalue weighted by Gasteiger charge is 2.50. The molecule has 2 aromatic carbocycles. The van der Waals surface area contributed by atoms with Crippen LogP contribution in [0.5, 0.6) is 23.0 Å². The topological polar surface area (TPSA) is 220 Å². The Balaban J connectivity index is 1.70. The van der Waals surface area contributed by atoms with Crippen molar-refractivity contribution in [1.82, 2.24) is 9.91 Å². The summed E-state index contributed by atoms with van der Waals surface area (Å²) in [5.41, 5.74) is -0.339. The highest BCUT2D eigenvalue weighted by atomic mass is 16.7. The molecular formula is C44H60N4O12. The number of rotatable bonds is 5. The van der Waals surface area contributed by atoms with E-state index in [0.717, 1.165) is 19.6 Å². The fraction of sp³-hybridized carbons (Fsp3) is 0.545. The van der Waals surface area contributed by atoms with Crippen molar-refractivity contribution in [2.75, 3.05) is 45.2 Å². The van der Waals surface area contributed by atoms with Gasteiger partial charge in [-0.3, -0.25) is 24.3 Å². The van der Waals surface area contributed by atoms with Crippen LogP contribution in [0.1, 0.15) is 76.9 Å². The molecule has 0 saturated carbocycles. The number of amides is 1. The lowest BCUT2D eigenvalue weighted by atomic mass is 9.78. The number of phenols is 3.